The van der Waals surface area contributed by atoms with Crippen molar-refractivity contribution in [3.8, 4) is 100 Å². The summed E-state index contributed by atoms with van der Waals surface area (Å²) in [4.78, 5) is 0. The normalized spacial score (nSPS) is 18.7. The SMILES string of the molecule is CC.CC.CC.CC.CC.CC(C)CCc1cccc(-c2ccccc2)c1.Cc1ccc(-c2cccc(C34CC5CC(CC(C5)C3)C4)c2)cc1.Cc1ccc(-c2ccccc2)c(C23CC4CC(CC(C4)C2)C3)c1.c1ccc(-c2ccc(-c3ccccc3)cc2)cc1.c1ccc(-c2cccc(C3CCCCC3)c2)cc1.c1ccc(-c2ccccc2)cc1.c1ccc(-c2ccccc2-c2ccccc2)cc1. The van der Waals surface area contributed by atoms with Gasteiger partial charge in [-0.15, -0.1) is 0 Å². The van der Waals surface area contributed by atoms with E-state index in [1.165, 1.54) is 244 Å². The molecule has 0 aromatic heterocycles. The van der Waals surface area contributed by atoms with Crippen molar-refractivity contribution in [3.63, 3.8) is 0 Å². The van der Waals surface area contributed by atoms with Gasteiger partial charge in [-0.1, -0.05) is 550 Å². The molecule has 0 spiro atoms. The molecule has 0 nitrogen and oxygen atoms in total. The van der Waals surface area contributed by atoms with Gasteiger partial charge in [0.1, 0.15) is 0 Å². The molecule has 0 aliphatic heterocycles. The summed E-state index contributed by atoms with van der Waals surface area (Å²) >= 11 is 0. The van der Waals surface area contributed by atoms with Crippen molar-refractivity contribution in [1.29, 1.82) is 0 Å². The van der Waals surface area contributed by atoms with Crippen molar-refractivity contribution < 1.29 is 0 Å². The lowest BCUT2D eigenvalue weighted by Gasteiger charge is -2.57. The number of hydrogen-bond acceptors (Lipinski definition) is 0. The van der Waals surface area contributed by atoms with Crippen LogP contribution in [0.5, 0.6) is 0 Å². The Bertz CT molecular complexity index is 5850. The zero-order valence-corrected chi connectivity index (χ0v) is 86.6. The molecule has 0 atom stereocenters. The van der Waals surface area contributed by atoms with Crippen LogP contribution in [0.1, 0.15) is 238 Å². The summed E-state index contributed by atoms with van der Waals surface area (Å²) in [5, 5.41) is 0. The summed E-state index contributed by atoms with van der Waals surface area (Å²) in [5.41, 5.74) is 33.7. The van der Waals surface area contributed by atoms with Crippen LogP contribution in [0.25, 0.3) is 100 Å². The van der Waals surface area contributed by atoms with Gasteiger partial charge in [-0.25, -0.2) is 0 Å². The van der Waals surface area contributed by atoms with Crippen molar-refractivity contribution in [3.05, 3.63) is 470 Å². The summed E-state index contributed by atoms with van der Waals surface area (Å²) in [5.74, 6) is 7.64. The van der Waals surface area contributed by atoms with Crippen LogP contribution in [0.2, 0.25) is 0 Å². The average Bonchev–Trinajstić information content (AvgIpc) is 0.688. The van der Waals surface area contributed by atoms with E-state index in [4.69, 9.17) is 0 Å². The molecule has 9 aliphatic rings. The molecule has 16 aromatic rings. The van der Waals surface area contributed by atoms with Crippen molar-refractivity contribution >= 4 is 0 Å². The van der Waals surface area contributed by atoms with Gasteiger partial charge >= 0.3 is 0 Å². The summed E-state index contributed by atoms with van der Waals surface area (Å²) < 4.78 is 0. The van der Waals surface area contributed by atoms with E-state index in [1.54, 1.807) is 11.1 Å². The molecule has 0 amide bonds. The smallest absolute Gasteiger partial charge is 0.00328 e. The quantitative estimate of drug-likeness (QED) is 0.0960. The fourth-order valence-electron chi connectivity index (χ4n) is 23.3. The van der Waals surface area contributed by atoms with E-state index < -0.39 is 0 Å². The molecular weight excluding hydrogens is 1670 g/mol. The van der Waals surface area contributed by atoms with Gasteiger partial charge < -0.3 is 0 Å². The Morgan fingerprint density at radius 3 is 0.863 bits per heavy atom. The molecule has 0 heteroatoms. The first kappa shape index (κ1) is 105. The van der Waals surface area contributed by atoms with Crippen LogP contribution in [0.3, 0.4) is 0 Å². The molecule has 9 fully saturated rings. The third kappa shape index (κ3) is 30.0. The summed E-state index contributed by atoms with van der Waals surface area (Å²) in [6.07, 6.45) is 27.3. The monoisotopic (exact) mass is 1830 g/mol. The van der Waals surface area contributed by atoms with Gasteiger partial charge in [-0.05, 0) is 297 Å². The third-order valence-electron chi connectivity index (χ3n) is 29.0. The van der Waals surface area contributed by atoms with Crippen LogP contribution in [0.4, 0.5) is 0 Å². The van der Waals surface area contributed by atoms with Crippen molar-refractivity contribution in [1.82, 2.24) is 0 Å². The largest absolute Gasteiger partial charge is 0.0683 e. The predicted octanol–water partition coefficient (Wildman–Crippen LogP) is 41.1. The van der Waals surface area contributed by atoms with E-state index in [-0.39, 0.29) is 0 Å². The Kier molecular flexibility index (Phi) is 42.4. The predicted molar refractivity (Wildman–Crippen MR) is 609 cm³/mol. The minimum absolute atomic E-state index is 0.478. The Hall–Kier alpha value is -12.5. The highest BCUT2D eigenvalue weighted by atomic mass is 14.6. The van der Waals surface area contributed by atoms with Crippen LogP contribution in [-0.4, -0.2) is 0 Å². The number of rotatable bonds is 15. The van der Waals surface area contributed by atoms with Crippen LogP contribution in [-0.2, 0) is 17.3 Å². The lowest BCUT2D eigenvalue weighted by molar-refractivity contribution is -0.00522. The van der Waals surface area contributed by atoms with Gasteiger partial charge in [0.15, 0.2) is 0 Å². The van der Waals surface area contributed by atoms with Gasteiger partial charge in [-0.3, -0.25) is 0 Å². The maximum absolute atomic E-state index is 2.52. The lowest BCUT2D eigenvalue weighted by atomic mass is 9.47. The molecule has 0 saturated heterocycles. The van der Waals surface area contributed by atoms with Crippen LogP contribution >= 0.6 is 0 Å². The number of hydrogen-bond donors (Lipinski definition) is 0. The molecule has 0 heterocycles. The van der Waals surface area contributed by atoms with E-state index in [1.807, 2.05) is 93.5 Å². The molecule has 25 rings (SSSR count). The first-order valence-electron chi connectivity index (χ1n) is 53.6. The Morgan fingerprint density at radius 2 is 0.496 bits per heavy atom. The maximum Gasteiger partial charge on any atom is -0.00328 e. The molecule has 139 heavy (non-hydrogen) atoms. The van der Waals surface area contributed by atoms with E-state index in [0.29, 0.717) is 10.8 Å². The molecule has 16 aromatic carbocycles. The zero-order chi connectivity index (χ0) is 97.8. The topological polar surface area (TPSA) is 0 Å². The molecular formula is C139H160. The highest BCUT2D eigenvalue weighted by Crippen LogP contribution is 2.63. The molecule has 0 N–H and O–H groups in total. The highest BCUT2D eigenvalue weighted by molar-refractivity contribution is 5.83. The first-order chi connectivity index (χ1) is 68.5. The molecule has 0 radical (unpaired) electrons. The van der Waals surface area contributed by atoms with Crippen LogP contribution < -0.4 is 0 Å². The lowest BCUT2D eigenvalue weighted by Crippen LogP contribution is -2.48. The van der Waals surface area contributed by atoms with E-state index in [2.05, 4.69) is 440 Å². The second-order valence-corrected chi connectivity index (χ2v) is 38.9. The average molecular weight is 1830 g/mol. The van der Waals surface area contributed by atoms with Gasteiger partial charge in [0.25, 0.3) is 0 Å². The second kappa shape index (κ2) is 55.9. The van der Waals surface area contributed by atoms with Crippen LogP contribution in [0.15, 0.2) is 437 Å². The minimum Gasteiger partial charge on any atom is -0.0683 e. The Morgan fingerprint density at radius 1 is 0.223 bits per heavy atom. The van der Waals surface area contributed by atoms with Gasteiger partial charge in [0, 0.05) is 0 Å². The van der Waals surface area contributed by atoms with Gasteiger partial charge in [0.2, 0.25) is 0 Å². The molecule has 9 aliphatic carbocycles. The van der Waals surface area contributed by atoms with E-state index >= 15 is 0 Å². The van der Waals surface area contributed by atoms with Crippen molar-refractivity contribution in [2.24, 2.45) is 41.4 Å². The Balaban J connectivity index is 0.000000144. The fourth-order valence-corrected chi connectivity index (χ4v) is 23.3. The molecule has 0 unspecified atom stereocenters. The summed E-state index contributed by atoms with van der Waals surface area (Å²) in [7, 11) is 0. The summed E-state index contributed by atoms with van der Waals surface area (Å²) in [6.45, 7) is 29.0. The number of benzene rings is 16. The van der Waals surface area contributed by atoms with E-state index in [9.17, 15) is 0 Å². The van der Waals surface area contributed by atoms with Gasteiger partial charge in [0.05, 0.1) is 0 Å². The fraction of sp³-hybridized carbons (Fsp3) is 0.309. The highest BCUT2D eigenvalue weighted by Gasteiger charge is 2.53. The summed E-state index contributed by atoms with van der Waals surface area (Å²) in [6, 6.07) is 156. The zero-order valence-electron chi connectivity index (χ0n) is 86.6. The number of aryl methyl sites for hydroxylation is 3. The third-order valence-corrected chi connectivity index (χ3v) is 29.0. The first-order valence-corrected chi connectivity index (χ1v) is 53.6. The Labute approximate surface area is 841 Å². The van der Waals surface area contributed by atoms with Crippen molar-refractivity contribution in [2.75, 3.05) is 0 Å². The van der Waals surface area contributed by atoms with Crippen LogP contribution in [0, 0.1) is 55.3 Å². The van der Waals surface area contributed by atoms with E-state index in [0.717, 1.165) is 47.3 Å². The minimum atomic E-state index is 0.478. The molecule has 9 saturated carbocycles. The standard InChI is InChI=1S/2C23H26.C18H14.C18H20.C18H14.C17H20.C12H10.5C2H6/c1-16-5-7-20(8-6-16)21-3-2-4-22(12-21)23-13-17-9-18(14-23)11-19(10-17)15-23;1-16-7-8-21(20-5-3-2-4-6-20)22(9-16)23-13-17-10-18(14-23)12-19(11-17)15-23;1-3-9-15(10-4-1)17-13-7-8-14-18(17)16-11-5-2-6-12-16;1-3-8-15(9-4-1)17-12-7-13-18(14-17)16-10-5-2-6-11-16;1-3-7-15(8-4-1)17-11-13-18(14-12-17)16-9-5-2-6-10-16;1-14(2)11-12-15-7-6-10-17(13-15)16-8-4-3-5-9-16;1-3-7-11(8-4-1)12-9-5-2-6-10-12;5*1-2/h2-8,12,17-19H,9-11,13-15H2,1H3;2-9,17-19H,10-15H2,1H3;1-14H;1,3-4,7-9,12-14,16H,2,5-6,10-11H2;1-14H;3-10,13-14H,11-12H2,1-2H3;1-10H;5*1-2H3. The molecule has 8 bridgehead atoms. The molecule has 716 valence electrons. The van der Waals surface area contributed by atoms with Gasteiger partial charge in [-0.2, -0.15) is 0 Å². The maximum atomic E-state index is 2.52. The second-order valence-electron chi connectivity index (χ2n) is 38.9. The van der Waals surface area contributed by atoms with Crippen molar-refractivity contribution in [2.45, 2.75) is 236 Å².